The highest BCUT2D eigenvalue weighted by Crippen LogP contribution is 2.20. The number of aryl methyl sites for hydroxylation is 1. The minimum Gasteiger partial charge on any atom is -0.365 e. The summed E-state index contributed by atoms with van der Waals surface area (Å²) in [4.78, 5) is 2.07. The molecule has 1 atom stereocenters. The van der Waals surface area contributed by atoms with Crippen LogP contribution >= 0.6 is 0 Å². The fourth-order valence-corrected chi connectivity index (χ4v) is 3.41. The number of nitrogens with one attached hydrogen (secondary N) is 1. The first-order valence-electron chi connectivity index (χ1n) is 8.71. The number of halogens is 2. The van der Waals surface area contributed by atoms with Gasteiger partial charge in [0.05, 0.1) is 0 Å². The summed E-state index contributed by atoms with van der Waals surface area (Å²) < 4.78 is 29.5. The van der Waals surface area contributed by atoms with Crippen molar-refractivity contribution in [3.63, 3.8) is 0 Å². The summed E-state index contributed by atoms with van der Waals surface area (Å²) >= 11 is 0. The van der Waals surface area contributed by atoms with Gasteiger partial charge in [0.2, 0.25) is 0 Å². The summed E-state index contributed by atoms with van der Waals surface area (Å²) in [5.74, 6) is 0.485. The molecule has 1 N–H and O–H groups in total. The number of piperidine rings is 1. The molecule has 4 rings (SSSR count). The Morgan fingerprint density at radius 1 is 1.15 bits per heavy atom. The predicted molar refractivity (Wildman–Crippen MR) is 93.8 cm³/mol. The molecular formula is C18H20F2N6. The van der Waals surface area contributed by atoms with Gasteiger partial charge < -0.3 is 5.32 Å². The summed E-state index contributed by atoms with van der Waals surface area (Å²) in [6.45, 7) is 3.65. The Kier molecular flexibility index (Phi) is 4.50. The van der Waals surface area contributed by atoms with Gasteiger partial charge in [0.25, 0.3) is 0 Å². The lowest BCUT2D eigenvalue weighted by Crippen LogP contribution is -2.42. The molecule has 0 radical (unpaired) electrons. The number of benzene rings is 1. The molecule has 0 amide bonds. The van der Waals surface area contributed by atoms with Crippen LogP contribution < -0.4 is 5.32 Å². The van der Waals surface area contributed by atoms with E-state index in [1.165, 1.54) is 18.2 Å². The Bertz CT molecular complexity index is 905. The van der Waals surface area contributed by atoms with Crippen molar-refractivity contribution in [3.8, 4) is 0 Å². The fourth-order valence-electron chi connectivity index (χ4n) is 3.41. The third kappa shape index (κ3) is 3.37. The largest absolute Gasteiger partial charge is 0.365 e. The Hall–Kier alpha value is -2.61. The van der Waals surface area contributed by atoms with Gasteiger partial charge in [0, 0.05) is 24.7 Å². The molecule has 3 heterocycles. The van der Waals surface area contributed by atoms with E-state index in [4.69, 9.17) is 0 Å². The number of nitrogens with zero attached hydrogens (tertiary/aromatic N) is 5. The summed E-state index contributed by atoms with van der Waals surface area (Å²) in [5.41, 5.74) is 0.834. The van der Waals surface area contributed by atoms with E-state index in [0.717, 1.165) is 31.0 Å². The Morgan fingerprint density at radius 3 is 2.77 bits per heavy atom. The van der Waals surface area contributed by atoms with E-state index in [2.05, 4.69) is 25.5 Å². The number of hydrogen-bond acceptors (Lipinski definition) is 5. The predicted octanol–water partition coefficient (Wildman–Crippen LogP) is 2.79. The van der Waals surface area contributed by atoms with Crippen molar-refractivity contribution in [1.82, 2.24) is 24.7 Å². The van der Waals surface area contributed by atoms with Crippen molar-refractivity contribution < 1.29 is 8.78 Å². The van der Waals surface area contributed by atoms with E-state index >= 15 is 0 Å². The van der Waals surface area contributed by atoms with Crippen molar-refractivity contribution >= 4 is 11.5 Å². The van der Waals surface area contributed by atoms with Crippen LogP contribution in [0, 0.1) is 18.6 Å². The summed E-state index contributed by atoms with van der Waals surface area (Å²) in [5, 5.41) is 16.0. The number of hydrogen-bond donors (Lipinski definition) is 1. The van der Waals surface area contributed by atoms with Gasteiger partial charge >= 0.3 is 0 Å². The van der Waals surface area contributed by atoms with Crippen LogP contribution in [0.5, 0.6) is 0 Å². The van der Waals surface area contributed by atoms with Crippen molar-refractivity contribution in [3.05, 3.63) is 53.4 Å². The first-order chi connectivity index (χ1) is 12.6. The molecule has 1 saturated heterocycles. The van der Waals surface area contributed by atoms with E-state index < -0.39 is 11.6 Å². The van der Waals surface area contributed by atoms with Crippen molar-refractivity contribution in [2.75, 3.05) is 18.4 Å². The molecule has 1 aliphatic rings. The number of rotatable bonds is 4. The van der Waals surface area contributed by atoms with Crippen LogP contribution in [0.25, 0.3) is 5.65 Å². The van der Waals surface area contributed by atoms with Gasteiger partial charge in [-0.2, -0.15) is 4.52 Å². The summed E-state index contributed by atoms with van der Waals surface area (Å²) in [6.07, 6.45) is 1.94. The first kappa shape index (κ1) is 16.8. The quantitative estimate of drug-likeness (QED) is 0.777. The van der Waals surface area contributed by atoms with Gasteiger partial charge in [-0.05, 0) is 50.6 Å². The second kappa shape index (κ2) is 6.95. The van der Waals surface area contributed by atoms with Gasteiger partial charge in [-0.1, -0.05) is 6.07 Å². The zero-order valence-electron chi connectivity index (χ0n) is 14.5. The number of anilines is 1. The van der Waals surface area contributed by atoms with Crippen molar-refractivity contribution in [2.24, 2.45) is 0 Å². The zero-order valence-corrected chi connectivity index (χ0v) is 14.5. The minimum absolute atomic E-state index is 0.132. The smallest absolute Gasteiger partial charge is 0.178 e. The molecule has 1 unspecified atom stereocenters. The summed E-state index contributed by atoms with van der Waals surface area (Å²) in [6, 6.07) is 7.91. The number of aromatic nitrogens is 4. The van der Waals surface area contributed by atoms with Crippen LogP contribution in [0.4, 0.5) is 14.6 Å². The van der Waals surface area contributed by atoms with Crippen LogP contribution in [-0.2, 0) is 6.54 Å². The Morgan fingerprint density at radius 2 is 1.96 bits per heavy atom. The molecule has 2 aromatic heterocycles. The lowest BCUT2D eigenvalue weighted by molar-refractivity contribution is 0.203. The van der Waals surface area contributed by atoms with E-state index in [1.54, 1.807) is 4.52 Å². The summed E-state index contributed by atoms with van der Waals surface area (Å²) in [7, 11) is 0. The molecule has 136 valence electrons. The normalized spacial score (nSPS) is 18.3. The molecule has 26 heavy (non-hydrogen) atoms. The lowest BCUT2D eigenvalue weighted by Gasteiger charge is -2.33. The minimum atomic E-state index is -0.490. The molecule has 1 aromatic carbocycles. The van der Waals surface area contributed by atoms with E-state index in [-0.39, 0.29) is 18.2 Å². The topological polar surface area (TPSA) is 58.4 Å². The maximum absolute atomic E-state index is 13.9. The van der Waals surface area contributed by atoms with Gasteiger partial charge in [-0.15, -0.1) is 15.3 Å². The highest BCUT2D eigenvalue weighted by Gasteiger charge is 2.22. The van der Waals surface area contributed by atoms with Gasteiger partial charge in [-0.3, -0.25) is 4.90 Å². The molecule has 0 saturated carbocycles. The molecule has 0 spiro atoms. The van der Waals surface area contributed by atoms with Gasteiger partial charge in [0.15, 0.2) is 11.5 Å². The number of fused-ring (bicyclic) bond motifs is 1. The van der Waals surface area contributed by atoms with E-state index in [0.29, 0.717) is 12.2 Å². The van der Waals surface area contributed by atoms with Crippen LogP contribution in [-0.4, -0.2) is 43.8 Å². The average molecular weight is 358 g/mol. The average Bonchev–Trinajstić information content (AvgIpc) is 2.99. The first-order valence-corrected chi connectivity index (χ1v) is 8.71. The van der Waals surface area contributed by atoms with Crippen LogP contribution in [0.3, 0.4) is 0 Å². The third-order valence-corrected chi connectivity index (χ3v) is 4.72. The maximum atomic E-state index is 13.9. The molecule has 6 nitrogen and oxygen atoms in total. The fraction of sp³-hybridized carbons (Fsp3) is 0.389. The van der Waals surface area contributed by atoms with Gasteiger partial charge in [0.1, 0.15) is 17.5 Å². The molecule has 0 bridgehead atoms. The van der Waals surface area contributed by atoms with Crippen LogP contribution in [0.15, 0.2) is 30.3 Å². The Balaban J connectivity index is 1.45. The molecular weight excluding hydrogens is 338 g/mol. The third-order valence-electron chi connectivity index (χ3n) is 4.72. The molecule has 8 heteroatoms. The van der Waals surface area contributed by atoms with Crippen LogP contribution in [0.2, 0.25) is 0 Å². The molecule has 1 aliphatic heterocycles. The van der Waals surface area contributed by atoms with Crippen molar-refractivity contribution in [1.29, 1.82) is 0 Å². The lowest BCUT2D eigenvalue weighted by atomic mass is 10.0. The standard InChI is InChI=1S/C18H20F2N6/c1-12-22-23-18-8-7-17(24-26(12)18)21-13-4-3-9-25(10-13)11-14-15(19)5-2-6-16(14)20/h2,5-8,13H,3-4,9-11H2,1H3,(H,21,24). The highest BCUT2D eigenvalue weighted by atomic mass is 19.1. The second-order valence-electron chi connectivity index (χ2n) is 6.65. The van der Waals surface area contributed by atoms with E-state index in [1.807, 2.05) is 19.1 Å². The zero-order chi connectivity index (χ0) is 18.1. The van der Waals surface area contributed by atoms with Crippen LogP contribution in [0.1, 0.15) is 24.2 Å². The molecule has 0 aliphatic carbocycles. The SMILES string of the molecule is Cc1nnc2ccc(NC3CCCN(Cc4c(F)cccc4F)C3)nn12. The molecule has 1 fully saturated rings. The monoisotopic (exact) mass is 358 g/mol. The second-order valence-corrected chi connectivity index (χ2v) is 6.65. The maximum Gasteiger partial charge on any atom is 0.178 e. The van der Waals surface area contributed by atoms with Crippen molar-refractivity contribution in [2.45, 2.75) is 32.4 Å². The van der Waals surface area contributed by atoms with Gasteiger partial charge in [-0.25, -0.2) is 8.78 Å². The number of likely N-dealkylation sites (tertiary alicyclic amines) is 1. The van der Waals surface area contributed by atoms with E-state index in [9.17, 15) is 8.78 Å². The highest BCUT2D eigenvalue weighted by molar-refractivity contribution is 5.44. The molecule has 3 aromatic rings. The Labute approximate surface area is 149 Å².